The molecule has 0 atom stereocenters. The molecule has 0 bridgehead atoms. The molecule has 21 heavy (non-hydrogen) atoms. The molecule has 0 aliphatic carbocycles. The monoisotopic (exact) mass is 279 g/mol. The van der Waals surface area contributed by atoms with E-state index in [0.717, 1.165) is 16.9 Å². The summed E-state index contributed by atoms with van der Waals surface area (Å²) in [5, 5.41) is 11.8. The Morgan fingerprint density at radius 3 is 2.71 bits per heavy atom. The van der Waals surface area contributed by atoms with Gasteiger partial charge < -0.3 is 10.2 Å². The van der Waals surface area contributed by atoms with Crippen LogP contribution < -0.4 is 10.2 Å². The van der Waals surface area contributed by atoms with Gasteiger partial charge in [-0.05, 0) is 42.8 Å². The Morgan fingerprint density at radius 2 is 2.00 bits per heavy atom. The normalized spacial score (nSPS) is 9.76. The highest BCUT2D eigenvalue weighted by atomic mass is 16.2. The number of rotatable bonds is 4. The predicted molar refractivity (Wildman–Crippen MR) is 84.2 cm³/mol. The van der Waals surface area contributed by atoms with E-state index in [0.29, 0.717) is 5.56 Å². The van der Waals surface area contributed by atoms with Crippen molar-refractivity contribution in [3.8, 4) is 6.07 Å². The molecule has 4 nitrogen and oxygen atoms in total. The van der Waals surface area contributed by atoms with Gasteiger partial charge in [-0.15, -0.1) is 0 Å². The number of aryl methyl sites for hydroxylation is 1. The number of carbonyl (C=O) groups is 1. The molecule has 0 unspecified atom stereocenters. The average Bonchev–Trinajstić information content (AvgIpc) is 2.47. The van der Waals surface area contributed by atoms with Gasteiger partial charge in [-0.25, -0.2) is 0 Å². The van der Waals surface area contributed by atoms with Gasteiger partial charge in [-0.1, -0.05) is 18.2 Å². The van der Waals surface area contributed by atoms with Gasteiger partial charge in [0.1, 0.15) is 0 Å². The first-order valence-electron chi connectivity index (χ1n) is 6.66. The summed E-state index contributed by atoms with van der Waals surface area (Å²) in [6.07, 6.45) is 0. The molecule has 0 aliphatic heterocycles. The molecular formula is C17H17N3O. The highest BCUT2D eigenvalue weighted by molar-refractivity contribution is 5.94. The molecule has 106 valence electrons. The molecule has 0 saturated carbocycles. The van der Waals surface area contributed by atoms with Crippen molar-refractivity contribution in [3.05, 3.63) is 59.7 Å². The smallest absolute Gasteiger partial charge is 0.243 e. The van der Waals surface area contributed by atoms with Crippen LogP contribution in [0.4, 0.5) is 11.4 Å². The standard InChI is InChI=1S/C17H17N3O/c1-13-5-3-7-15(9-13)19-17(21)12-20(2)16-8-4-6-14(10-16)11-18/h3-10H,12H2,1-2H3,(H,19,21). The first kappa shape index (κ1) is 14.6. The topological polar surface area (TPSA) is 56.1 Å². The van der Waals surface area contributed by atoms with Crippen molar-refractivity contribution >= 4 is 17.3 Å². The van der Waals surface area contributed by atoms with Gasteiger partial charge in [0, 0.05) is 18.4 Å². The van der Waals surface area contributed by atoms with E-state index < -0.39 is 0 Å². The lowest BCUT2D eigenvalue weighted by Gasteiger charge is -2.19. The van der Waals surface area contributed by atoms with Gasteiger partial charge >= 0.3 is 0 Å². The molecule has 0 heterocycles. The van der Waals surface area contributed by atoms with Crippen LogP contribution in [0, 0.1) is 18.3 Å². The molecule has 0 aromatic heterocycles. The Morgan fingerprint density at radius 1 is 1.24 bits per heavy atom. The Kier molecular flexibility index (Phi) is 4.57. The quantitative estimate of drug-likeness (QED) is 0.936. The van der Waals surface area contributed by atoms with Crippen molar-refractivity contribution in [2.24, 2.45) is 0 Å². The Labute approximate surface area is 124 Å². The fourth-order valence-corrected chi connectivity index (χ4v) is 2.04. The van der Waals surface area contributed by atoms with E-state index in [-0.39, 0.29) is 12.5 Å². The molecule has 0 saturated heterocycles. The summed E-state index contributed by atoms with van der Waals surface area (Å²) in [5.41, 5.74) is 3.31. The number of nitrogens with zero attached hydrogens (tertiary/aromatic N) is 2. The van der Waals surface area contributed by atoms with E-state index in [1.165, 1.54) is 0 Å². The third-order valence-corrected chi connectivity index (χ3v) is 3.10. The van der Waals surface area contributed by atoms with Crippen LogP contribution in [-0.4, -0.2) is 19.5 Å². The molecule has 1 amide bonds. The van der Waals surface area contributed by atoms with Crippen molar-refractivity contribution in [1.82, 2.24) is 0 Å². The molecule has 2 rings (SSSR count). The zero-order chi connectivity index (χ0) is 15.2. The van der Waals surface area contributed by atoms with E-state index in [2.05, 4.69) is 11.4 Å². The van der Waals surface area contributed by atoms with E-state index in [1.807, 2.05) is 55.3 Å². The summed E-state index contributed by atoms with van der Waals surface area (Å²) < 4.78 is 0. The molecule has 4 heteroatoms. The average molecular weight is 279 g/mol. The fraction of sp³-hybridized carbons (Fsp3) is 0.176. The van der Waals surface area contributed by atoms with Crippen molar-refractivity contribution in [2.75, 3.05) is 23.8 Å². The van der Waals surface area contributed by atoms with Crippen LogP contribution in [0.5, 0.6) is 0 Å². The lowest BCUT2D eigenvalue weighted by Crippen LogP contribution is -2.30. The number of benzene rings is 2. The maximum absolute atomic E-state index is 12.0. The van der Waals surface area contributed by atoms with Gasteiger partial charge in [0.15, 0.2) is 0 Å². The minimum atomic E-state index is -0.0922. The number of anilines is 2. The zero-order valence-electron chi connectivity index (χ0n) is 12.1. The summed E-state index contributed by atoms with van der Waals surface area (Å²) in [5.74, 6) is -0.0922. The summed E-state index contributed by atoms with van der Waals surface area (Å²) >= 11 is 0. The number of nitrogens with one attached hydrogen (secondary N) is 1. The Hall–Kier alpha value is -2.80. The Bertz CT molecular complexity index is 688. The third-order valence-electron chi connectivity index (χ3n) is 3.10. The van der Waals surface area contributed by atoms with Crippen molar-refractivity contribution < 1.29 is 4.79 Å². The second-order valence-corrected chi connectivity index (χ2v) is 4.94. The number of amides is 1. The minimum Gasteiger partial charge on any atom is -0.365 e. The maximum Gasteiger partial charge on any atom is 0.243 e. The van der Waals surface area contributed by atoms with Gasteiger partial charge in [-0.2, -0.15) is 5.26 Å². The summed E-state index contributed by atoms with van der Waals surface area (Å²) in [6, 6.07) is 17.0. The molecule has 1 N–H and O–H groups in total. The van der Waals surface area contributed by atoms with Crippen molar-refractivity contribution in [3.63, 3.8) is 0 Å². The van der Waals surface area contributed by atoms with Crippen LogP contribution in [0.15, 0.2) is 48.5 Å². The van der Waals surface area contributed by atoms with Crippen LogP contribution >= 0.6 is 0 Å². The van der Waals surface area contributed by atoms with E-state index in [1.54, 1.807) is 12.1 Å². The predicted octanol–water partition coefficient (Wildman–Crippen LogP) is 2.94. The maximum atomic E-state index is 12.0. The number of hydrogen-bond acceptors (Lipinski definition) is 3. The number of hydrogen-bond donors (Lipinski definition) is 1. The van der Waals surface area contributed by atoms with Crippen LogP contribution in [0.1, 0.15) is 11.1 Å². The summed E-state index contributed by atoms with van der Waals surface area (Å²) in [6.45, 7) is 2.21. The van der Waals surface area contributed by atoms with Gasteiger partial charge in [0.25, 0.3) is 0 Å². The third kappa shape index (κ3) is 4.08. The Balaban J connectivity index is 2.00. The lowest BCUT2D eigenvalue weighted by molar-refractivity contribution is -0.114. The molecule has 2 aromatic carbocycles. The van der Waals surface area contributed by atoms with Gasteiger partial charge in [-0.3, -0.25) is 4.79 Å². The van der Waals surface area contributed by atoms with Gasteiger partial charge in [0.05, 0.1) is 18.2 Å². The highest BCUT2D eigenvalue weighted by Gasteiger charge is 2.08. The second kappa shape index (κ2) is 6.58. The summed E-state index contributed by atoms with van der Waals surface area (Å²) in [7, 11) is 1.83. The van der Waals surface area contributed by atoms with Crippen LogP contribution in [0.2, 0.25) is 0 Å². The molecule has 0 aliphatic rings. The molecule has 2 aromatic rings. The minimum absolute atomic E-state index is 0.0922. The summed E-state index contributed by atoms with van der Waals surface area (Å²) in [4.78, 5) is 13.9. The first-order valence-corrected chi connectivity index (χ1v) is 6.66. The van der Waals surface area contributed by atoms with Crippen LogP contribution in [0.25, 0.3) is 0 Å². The van der Waals surface area contributed by atoms with Crippen molar-refractivity contribution in [1.29, 1.82) is 5.26 Å². The lowest BCUT2D eigenvalue weighted by atomic mass is 10.2. The van der Waals surface area contributed by atoms with E-state index in [4.69, 9.17) is 5.26 Å². The largest absolute Gasteiger partial charge is 0.365 e. The number of carbonyl (C=O) groups excluding carboxylic acids is 1. The van der Waals surface area contributed by atoms with Crippen LogP contribution in [0.3, 0.4) is 0 Å². The number of likely N-dealkylation sites (N-methyl/N-ethyl adjacent to an activating group) is 1. The number of nitriles is 1. The SMILES string of the molecule is Cc1cccc(NC(=O)CN(C)c2cccc(C#N)c2)c1. The second-order valence-electron chi connectivity index (χ2n) is 4.94. The highest BCUT2D eigenvalue weighted by Crippen LogP contribution is 2.15. The van der Waals surface area contributed by atoms with E-state index >= 15 is 0 Å². The molecule has 0 fully saturated rings. The molecular weight excluding hydrogens is 262 g/mol. The van der Waals surface area contributed by atoms with Crippen LogP contribution in [-0.2, 0) is 4.79 Å². The first-order chi connectivity index (χ1) is 10.1. The van der Waals surface area contributed by atoms with E-state index in [9.17, 15) is 4.79 Å². The zero-order valence-corrected chi connectivity index (χ0v) is 12.1. The van der Waals surface area contributed by atoms with Crippen molar-refractivity contribution in [2.45, 2.75) is 6.92 Å². The molecule has 0 spiro atoms. The molecule has 0 radical (unpaired) electrons. The van der Waals surface area contributed by atoms with Gasteiger partial charge in [0.2, 0.25) is 5.91 Å². The fourth-order valence-electron chi connectivity index (χ4n) is 2.04.